The maximum Gasteiger partial charge on any atom is 0.235 e. The number of hydrogen-bond acceptors (Lipinski definition) is 3. The standard InChI is InChI=1S/C24H33NO3/c1-13(2)10-18-22-16(5)15(4)12-17-11-14(3)6-7-19-20(28-19)8-9-21(26)24(17,22)23(27)25-18/h8-9,11-13,16-20,22H,6-7,10H2,1-5H3,(H,25,27). The van der Waals surface area contributed by atoms with Crippen LogP contribution in [0, 0.1) is 29.1 Å². The van der Waals surface area contributed by atoms with Gasteiger partial charge in [0.25, 0.3) is 0 Å². The second kappa shape index (κ2) is 6.98. The van der Waals surface area contributed by atoms with Crippen molar-refractivity contribution < 1.29 is 14.3 Å². The number of carbonyl (C=O) groups excluding carboxylic acids is 2. The number of epoxide rings is 1. The predicted octanol–water partition coefficient (Wildman–Crippen LogP) is 3.98. The Morgan fingerprint density at radius 3 is 2.71 bits per heavy atom. The van der Waals surface area contributed by atoms with E-state index in [0.29, 0.717) is 5.92 Å². The average molecular weight is 384 g/mol. The van der Waals surface area contributed by atoms with Gasteiger partial charge in [-0.3, -0.25) is 9.59 Å². The maximum atomic E-state index is 13.7. The highest BCUT2D eigenvalue weighted by Crippen LogP contribution is 2.55. The van der Waals surface area contributed by atoms with Crippen LogP contribution in [-0.4, -0.2) is 29.9 Å². The summed E-state index contributed by atoms with van der Waals surface area (Å²) in [5.74, 6) is 0.314. The molecule has 28 heavy (non-hydrogen) atoms. The minimum atomic E-state index is -1.04. The second-order valence-corrected chi connectivity index (χ2v) is 9.74. The minimum Gasteiger partial charge on any atom is -0.365 e. The topological polar surface area (TPSA) is 58.7 Å². The van der Waals surface area contributed by atoms with Crippen molar-refractivity contribution in [3.63, 3.8) is 0 Å². The van der Waals surface area contributed by atoms with E-state index in [0.717, 1.165) is 19.3 Å². The molecule has 2 saturated heterocycles. The summed E-state index contributed by atoms with van der Waals surface area (Å²) in [4.78, 5) is 27.2. The molecule has 2 aliphatic carbocycles. The lowest BCUT2D eigenvalue weighted by molar-refractivity contribution is -0.142. The zero-order chi connectivity index (χ0) is 20.2. The number of rotatable bonds is 2. The first-order valence-corrected chi connectivity index (χ1v) is 10.8. The van der Waals surface area contributed by atoms with Gasteiger partial charge in [0.05, 0.1) is 6.10 Å². The Bertz CT molecular complexity index is 777. The number of hydrogen-bond donors (Lipinski definition) is 1. The Balaban J connectivity index is 1.87. The first kappa shape index (κ1) is 19.6. The number of amides is 1. The fourth-order valence-corrected chi connectivity index (χ4v) is 5.78. The zero-order valence-electron chi connectivity index (χ0n) is 17.7. The molecule has 152 valence electrons. The molecular formula is C24H33NO3. The summed E-state index contributed by atoms with van der Waals surface area (Å²) in [5.41, 5.74) is 1.49. The summed E-state index contributed by atoms with van der Waals surface area (Å²) in [6.45, 7) is 10.8. The summed E-state index contributed by atoms with van der Waals surface area (Å²) in [7, 11) is 0. The van der Waals surface area contributed by atoms with Crippen LogP contribution in [0.25, 0.3) is 0 Å². The molecule has 7 atom stereocenters. The van der Waals surface area contributed by atoms with Gasteiger partial charge in [-0.15, -0.1) is 0 Å². The van der Waals surface area contributed by atoms with E-state index in [4.69, 9.17) is 4.74 Å². The van der Waals surface area contributed by atoms with Crippen LogP contribution in [0.4, 0.5) is 0 Å². The van der Waals surface area contributed by atoms with Gasteiger partial charge in [0.15, 0.2) is 5.78 Å². The fraction of sp³-hybridized carbons (Fsp3) is 0.667. The third-order valence-electron chi connectivity index (χ3n) is 7.36. The molecule has 1 amide bonds. The average Bonchev–Trinajstić information content (AvgIpc) is 3.30. The molecule has 0 radical (unpaired) electrons. The van der Waals surface area contributed by atoms with Crippen LogP contribution >= 0.6 is 0 Å². The lowest BCUT2D eigenvalue weighted by Gasteiger charge is -2.44. The molecule has 0 aromatic carbocycles. The van der Waals surface area contributed by atoms with Crippen LogP contribution in [0.5, 0.6) is 0 Å². The van der Waals surface area contributed by atoms with Crippen LogP contribution < -0.4 is 5.32 Å². The van der Waals surface area contributed by atoms with Crippen LogP contribution in [0.15, 0.2) is 35.5 Å². The Hall–Kier alpha value is -1.68. The first-order chi connectivity index (χ1) is 13.2. The van der Waals surface area contributed by atoms with Crippen molar-refractivity contribution in [2.24, 2.45) is 29.1 Å². The number of allylic oxidation sites excluding steroid dienone is 5. The van der Waals surface area contributed by atoms with Gasteiger partial charge in [0.1, 0.15) is 11.5 Å². The summed E-state index contributed by atoms with van der Waals surface area (Å²) < 4.78 is 5.69. The number of ketones is 1. The quantitative estimate of drug-likeness (QED) is 0.446. The van der Waals surface area contributed by atoms with Crippen molar-refractivity contribution in [1.29, 1.82) is 0 Å². The van der Waals surface area contributed by atoms with Gasteiger partial charge in [-0.05, 0) is 57.1 Å². The van der Waals surface area contributed by atoms with E-state index in [-0.39, 0.29) is 47.7 Å². The van der Waals surface area contributed by atoms with Crippen molar-refractivity contribution in [3.8, 4) is 0 Å². The highest BCUT2D eigenvalue weighted by molar-refractivity contribution is 6.13. The molecule has 0 aromatic heterocycles. The molecule has 4 nitrogen and oxygen atoms in total. The van der Waals surface area contributed by atoms with Crippen molar-refractivity contribution >= 4 is 11.7 Å². The van der Waals surface area contributed by atoms with E-state index in [1.165, 1.54) is 11.1 Å². The Kier molecular flexibility index (Phi) is 4.89. The number of fused-ring (bicyclic) bond motifs is 1. The van der Waals surface area contributed by atoms with Gasteiger partial charge in [-0.2, -0.15) is 0 Å². The monoisotopic (exact) mass is 383 g/mol. The van der Waals surface area contributed by atoms with Gasteiger partial charge in [0, 0.05) is 17.9 Å². The van der Waals surface area contributed by atoms with Crippen molar-refractivity contribution in [3.05, 3.63) is 35.5 Å². The zero-order valence-corrected chi connectivity index (χ0v) is 17.7. The molecule has 0 aromatic rings. The number of nitrogens with one attached hydrogen (secondary N) is 1. The van der Waals surface area contributed by atoms with Gasteiger partial charge in [-0.1, -0.05) is 44.1 Å². The normalized spacial score (nSPS) is 42.6. The molecule has 1 N–H and O–H groups in total. The molecule has 7 unspecified atom stereocenters. The third-order valence-corrected chi connectivity index (χ3v) is 7.36. The van der Waals surface area contributed by atoms with Crippen LogP contribution in [-0.2, 0) is 14.3 Å². The van der Waals surface area contributed by atoms with Crippen LogP contribution in [0.3, 0.4) is 0 Å². The summed E-state index contributed by atoms with van der Waals surface area (Å²) in [6, 6.07) is 0.0368. The summed E-state index contributed by atoms with van der Waals surface area (Å²) in [5, 5.41) is 3.25. The molecule has 4 rings (SSSR count). The number of carbonyl (C=O) groups is 2. The summed E-state index contributed by atoms with van der Waals surface area (Å²) in [6.07, 6.45) is 11.0. The molecule has 4 aliphatic rings. The van der Waals surface area contributed by atoms with Crippen molar-refractivity contribution in [2.45, 2.75) is 72.1 Å². The molecule has 0 bridgehead atoms. The molecule has 2 fully saturated rings. The molecule has 1 spiro atoms. The molecule has 4 heteroatoms. The Morgan fingerprint density at radius 2 is 2.00 bits per heavy atom. The maximum absolute atomic E-state index is 13.7. The van der Waals surface area contributed by atoms with Crippen LogP contribution in [0.1, 0.15) is 53.9 Å². The first-order valence-electron chi connectivity index (χ1n) is 10.8. The highest BCUT2D eigenvalue weighted by atomic mass is 16.6. The Morgan fingerprint density at radius 1 is 1.25 bits per heavy atom. The van der Waals surface area contributed by atoms with E-state index in [9.17, 15) is 9.59 Å². The lowest BCUT2D eigenvalue weighted by Crippen LogP contribution is -2.51. The largest absolute Gasteiger partial charge is 0.365 e. The Labute approximate surface area is 168 Å². The third kappa shape index (κ3) is 3.01. The minimum absolute atomic E-state index is 0.0183. The van der Waals surface area contributed by atoms with E-state index >= 15 is 0 Å². The predicted molar refractivity (Wildman–Crippen MR) is 110 cm³/mol. The smallest absolute Gasteiger partial charge is 0.235 e. The van der Waals surface area contributed by atoms with E-state index in [2.05, 4.69) is 52.1 Å². The number of ether oxygens (including phenoxy) is 1. The van der Waals surface area contributed by atoms with Gasteiger partial charge in [0.2, 0.25) is 5.91 Å². The van der Waals surface area contributed by atoms with Gasteiger partial charge >= 0.3 is 0 Å². The fourth-order valence-electron chi connectivity index (χ4n) is 5.78. The van der Waals surface area contributed by atoms with Crippen molar-refractivity contribution in [1.82, 2.24) is 5.32 Å². The molecular weight excluding hydrogens is 350 g/mol. The van der Waals surface area contributed by atoms with E-state index < -0.39 is 5.41 Å². The van der Waals surface area contributed by atoms with Gasteiger partial charge in [-0.25, -0.2) is 0 Å². The van der Waals surface area contributed by atoms with Gasteiger partial charge < -0.3 is 10.1 Å². The molecule has 2 aliphatic heterocycles. The van der Waals surface area contributed by atoms with E-state index in [1.54, 1.807) is 6.08 Å². The summed E-state index contributed by atoms with van der Waals surface area (Å²) >= 11 is 0. The van der Waals surface area contributed by atoms with E-state index in [1.807, 2.05) is 6.08 Å². The second-order valence-electron chi connectivity index (χ2n) is 9.74. The van der Waals surface area contributed by atoms with Crippen LogP contribution in [0.2, 0.25) is 0 Å². The molecule has 2 heterocycles. The molecule has 0 saturated carbocycles. The van der Waals surface area contributed by atoms with Crippen molar-refractivity contribution in [2.75, 3.05) is 0 Å². The SMILES string of the molecule is CC1=CC2C=C(C)C(C)C3C(CC(C)C)NC(=O)C23C(=O)C=CC2OC2CC1. The lowest BCUT2D eigenvalue weighted by atomic mass is 9.55. The highest BCUT2D eigenvalue weighted by Gasteiger charge is 2.64.